The van der Waals surface area contributed by atoms with E-state index in [2.05, 4.69) is 4.72 Å². The van der Waals surface area contributed by atoms with Gasteiger partial charge in [-0.25, -0.2) is 13.1 Å². The highest BCUT2D eigenvalue weighted by molar-refractivity contribution is 7.90. The first-order chi connectivity index (χ1) is 7.60. The first-order valence-corrected chi connectivity index (χ1v) is 7.41. The number of nitrogens with one attached hydrogen (secondary N) is 1. The SMILES string of the molecule is CCC(CN)S(=O)(=O)NCCOCC1CC1. The van der Waals surface area contributed by atoms with Gasteiger partial charge < -0.3 is 10.5 Å². The van der Waals surface area contributed by atoms with E-state index >= 15 is 0 Å². The minimum Gasteiger partial charge on any atom is -0.380 e. The van der Waals surface area contributed by atoms with Crippen molar-refractivity contribution in [3.8, 4) is 0 Å². The highest BCUT2D eigenvalue weighted by Gasteiger charge is 2.22. The van der Waals surface area contributed by atoms with Gasteiger partial charge in [-0.3, -0.25) is 0 Å². The lowest BCUT2D eigenvalue weighted by Crippen LogP contribution is -2.40. The number of nitrogens with two attached hydrogens (primary N) is 1. The zero-order valence-corrected chi connectivity index (χ0v) is 10.6. The molecule has 0 aromatic rings. The second-order valence-corrected chi connectivity index (χ2v) is 6.27. The van der Waals surface area contributed by atoms with E-state index in [1.165, 1.54) is 12.8 Å². The molecule has 1 atom stereocenters. The van der Waals surface area contributed by atoms with Crippen molar-refractivity contribution < 1.29 is 13.2 Å². The van der Waals surface area contributed by atoms with Crippen LogP contribution in [0.4, 0.5) is 0 Å². The molecular formula is C10H22N2O3S. The van der Waals surface area contributed by atoms with E-state index in [-0.39, 0.29) is 6.54 Å². The van der Waals surface area contributed by atoms with E-state index in [4.69, 9.17) is 10.5 Å². The van der Waals surface area contributed by atoms with Crippen molar-refractivity contribution in [2.45, 2.75) is 31.4 Å². The molecule has 3 N–H and O–H groups in total. The fourth-order valence-corrected chi connectivity index (χ4v) is 2.72. The van der Waals surface area contributed by atoms with Gasteiger partial charge in [-0.1, -0.05) is 6.92 Å². The zero-order valence-electron chi connectivity index (χ0n) is 9.81. The first kappa shape index (κ1) is 13.9. The van der Waals surface area contributed by atoms with Crippen molar-refractivity contribution in [2.75, 3.05) is 26.3 Å². The molecule has 0 aromatic carbocycles. The average molecular weight is 250 g/mol. The van der Waals surface area contributed by atoms with E-state index in [9.17, 15) is 8.42 Å². The van der Waals surface area contributed by atoms with Gasteiger partial charge in [-0.15, -0.1) is 0 Å². The minimum absolute atomic E-state index is 0.161. The summed E-state index contributed by atoms with van der Waals surface area (Å²) < 4.78 is 31.2. The van der Waals surface area contributed by atoms with Gasteiger partial charge in [0.2, 0.25) is 10.0 Å². The maximum Gasteiger partial charge on any atom is 0.215 e. The average Bonchev–Trinajstić information content (AvgIpc) is 3.02. The number of rotatable bonds is 9. The van der Waals surface area contributed by atoms with Crippen LogP contribution in [-0.2, 0) is 14.8 Å². The third-order valence-electron chi connectivity index (χ3n) is 2.76. The second-order valence-electron chi connectivity index (χ2n) is 4.22. The Morgan fingerprint density at radius 3 is 2.69 bits per heavy atom. The van der Waals surface area contributed by atoms with Crippen LogP contribution in [0, 0.1) is 5.92 Å². The van der Waals surface area contributed by atoms with Crippen molar-refractivity contribution in [3.63, 3.8) is 0 Å². The Morgan fingerprint density at radius 2 is 2.19 bits per heavy atom. The van der Waals surface area contributed by atoms with Gasteiger partial charge in [0.1, 0.15) is 0 Å². The lowest BCUT2D eigenvalue weighted by Gasteiger charge is -2.14. The first-order valence-electron chi connectivity index (χ1n) is 5.86. The molecule has 1 aliphatic carbocycles. The van der Waals surface area contributed by atoms with Crippen LogP contribution < -0.4 is 10.5 Å². The maximum atomic E-state index is 11.7. The quantitative estimate of drug-likeness (QED) is 0.567. The summed E-state index contributed by atoms with van der Waals surface area (Å²) in [7, 11) is -3.26. The van der Waals surface area contributed by atoms with E-state index in [1.807, 2.05) is 6.92 Å². The van der Waals surface area contributed by atoms with Gasteiger partial charge in [0, 0.05) is 19.7 Å². The fourth-order valence-electron chi connectivity index (χ4n) is 1.42. The van der Waals surface area contributed by atoms with Crippen molar-refractivity contribution >= 4 is 10.0 Å². The number of sulfonamides is 1. The molecule has 1 fully saturated rings. The van der Waals surface area contributed by atoms with E-state index in [0.29, 0.717) is 25.5 Å². The van der Waals surface area contributed by atoms with Crippen LogP contribution in [0.1, 0.15) is 26.2 Å². The van der Waals surface area contributed by atoms with Gasteiger partial charge in [-0.05, 0) is 25.2 Å². The Hall–Kier alpha value is -0.170. The Labute approximate surface area is 97.8 Å². The molecule has 0 aromatic heterocycles. The summed E-state index contributed by atoms with van der Waals surface area (Å²) in [4.78, 5) is 0. The van der Waals surface area contributed by atoms with Crippen LogP contribution >= 0.6 is 0 Å². The Balaban J connectivity index is 2.13. The fraction of sp³-hybridized carbons (Fsp3) is 1.00. The molecule has 1 unspecified atom stereocenters. The van der Waals surface area contributed by atoms with Crippen LogP contribution in [-0.4, -0.2) is 40.0 Å². The molecule has 1 saturated carbocycles. The molecule has 1 rings (SSSR count). The number of ether oxygens (including phenoxy) is 1. The summed E-state index contributed by atoms with van der Waals surface area (Å²) in [6.07, 6.45) is 3.03. The summed E-state index contributed by atoms with van der Waals surface area (Å²) >= 11 is 0. The van der Waals surface area contributed by atoms with Crippen molar-refractivity contribution in [3.05, 3.63) is 0 Å². The Morgan fingerprint density at radius 1 is 1.50 bits per heavy atom. The normalized spacial score (nSPS) is 18.6. The molecule has 96 valence electrons. The number of hydrogen-bond donors (Lipinski definition) is 2. The molecule has 6 heteroatoms. The molecule has 0 heterocycles. The summed E-state index contributed by atoms with van der Waals surface area (Å²) in [6, 6.07) is 0. The standard InChI is InChI=1S/C10H22N2O3S/c1-2-10(7-11)16(13,14)12-5-6-15-8-9-3-4-9/h9-10,12H,2-8,11H2,1H3. The molecule has 0 bridgehead atoms. The maximum absolute atomic E-state index is 11.7. The highest BCUT2D eigenvalue weighted by Crippen LogP contribution is 2.28. The second kappa shape index (κ2) is 6.54. The van der Waals surface area contributed by atoms with Crippen molar-refractivity contribution in [1.29, 1.82) is 0 Å². The van der Waals surface area contributed by atoms with Crippen LogP contribution in [0.15, 0.2) is 0 Å². The molecule has 5 nitrogen and oxygen atoms in total. The van der Waals surface area contributed by atoms with Gasteiger partial charge in [0.15, 0.2) is 0 Å². The number of hydrogen-bond acceptors (Lipinski definition) is 4. The lowest BCUT2D eigenvalue weighted by atomic mass is 10.3. The monoisotopic (exact) mass is 250 g/mol. The Bertz CT molecular complexity index is 284. The van der Waals surface area contributed by atoms with Crippen LogP contribution in [0.3, 0.4) is 0 Å². The van der Waals surface area contributed by atoms with E-state index < -0.39 is 15.3 Å². The minimum atomic E-state index is -3.26. The smallest absolute Gasteiger partial charge is 0.215 e. The molecule has 0 amide bonds. The lowest BCUT2D eigenvalue weighted by molar-refractivity contribution is 0.129. The predicted molar refractivity (Wildman–Crippen MR) is 63.6 cm³/mol. The Kier molecular flexibility index (Phi) is 5.68. The van der Waals surface area contributed by atoms with Gasteiger partial charge in [0.25, 0.3) is 0 Å². The highest BCUT2D eigenvalue weighted by atomic mass is 32.2. The molecule has 1 aliphatic rings. The van der Waals surface area contributed by atoms with Gasteiger partial charge in [-0.2, -0.15) is 0 Å². The van der Waals surface area contributed by atoms with Gasteiger partial charge in [0.05, 0.1) is 11.9 Å². The zero-order chi connectivity index (χ0) is 12.0. The molecule has 0 aliphatic heterocycles. The molecule has 16 heavy (non-hydrogen) atoms. The van der Waals surface area contributed by atoms with Crippen LogP contribution in [0.25, 0.3) is 0 Å². The van der Waals surface area contributed by atoms with Gasteiger partial charge >= 0.3 is 0 Å². The van der Waals surface area contributed by atoms with Crippen LogP contribution in [0.5, 0.6) is 0 Å². The summed E-state index contributed by atoms with van der Waals surface area (Å²) in [5.41, 5.74) is 5.40. The largest absolute Gasteiger partial charge is 0.380 e. The van der Waals surface area contributed by atoms with E-state index in [1.54, 1.807) is 0 Å². The summed E-state index contributed by atoms with van der Waals surface area (Å²) in [5, 5.41) is -0.490. The summed E-state index contributed by atoms with van der Waals surface area (Å²) in [5.74, 6) is 0.712. The summed E-state index contributed by atoms with van der Waals surface area (Å²) in [6.45, 7) is 3.52. The van der Waals surface area contributed by atoms with Crippen molar-refractivity contribution in [1.82, 2.24) is 4.72 Å². The van der Waals surface area contributed by atoms with E-state index in [0.717, 1.165) is 6.61 Å². The predicted octanol–water partition coefficient (Wildman–Crippen LogP) is 0.0697. The van der Waals surface area contributed by atoms with Crippen LogP contribution in [0.2, 0.25) is 0 Å². The molecule has 0 radical (unpaired) electrons. The third-order valence-corrected chi connectivity index (χ3v) is 4.77. The molecular weight excluding hydrogens is 228 g/mol. The van der Waals surface area contributed by atoms with Crippen molar-refractivity contribution in [2.24, 2.45) is 11.7 Å². The third kappa shape index (κ3) is 4.78. The molecule has 0 saturated heterocycles. The molecule has 0 spiro atoms. The topological polar surface area (TPSA) is 81.4 Å².